The first-order chi connectivity index (χ1) is 10.8. The van der Waals surface area contributed by atoms with Gasteiger partial charge in [0, 0.05) is 17.2 Å². The Labute approximate surface area is 132 Å². The minimum absolute atomic E-state index is 0.495. The van der Waals surface area contributed by atoms with Gasteiger partial charge in [-0.25, -0.2) is 0 Å². The molecule has 3 N–H and O–H groups in total. The van der Waals surface area contributed by atoms with Crippen LogP contribution >= 0.6 is 0 Å². The fourth-order valence-corrected chi connectivity index (χ4v) is 3.12. The lowest BCUT2D eigenvalue weighted by Gasteiger charge is -2.24. The Kier molecular flexibility index (Phi) is 4.74. The Bertz CT molecular complexity index is 628. The second-order valence-electron chi connectivity index (χ2n) is 5.90. The van der Waals surface area contributed by atoms with Crippen LogP contribution < -0.4 is 11.2 Å². The van der Waals surface area contributed by atoms with Crippen LogP contribution in [0, 0.1) is 5.92 Å². The third-order valence-electron chi connectivity index (χ3n) is 4.31. The minimum atomic E-state index is 0.495. The van der Waals surface area contributed by atoms with Crippen molar-refractivity contribution in [2.75, 3.05) is 11.2 Å². The van der Waals surface area contributed by atoms with E-state index in [9.17, 15) is 0 Å². The molecule has 0 spiro atoms. The zero-order chi connectivity index (χ0) is 15.2. The molecular weight excluding hydrogens is 270 g/mol. The van der Waals surface area contributed by atoms with Crippen molar-refractivity contribution in [1.29, 1.82) is 0 Å². The molecule has 0 unspecified atom stereocenters. The number of nitrogens with zero attached hydrogens (tertiary/aromatic N) is 1. The van der Waals surface area contributed by atoms with Gasteiger partial charge in [-0.2, -0.15) is 5.10 Å². The van der Waals surface area contributed by atoms with E-state index in [4.69, 9.17) is 10.8 Å². The van der Waals surface area contributed by atoms with Crippen molar-refractivity contribution in [1.82, 2.24) is 0 Å². The maximum atomic E-state index is 6.19. The van der Waals surface area contributed by atoms with Crippen LogP contribution in [0.3, 0.4) is 0 Å². The van der Waals surface area contributed by atoms with E-state index in [0.29, 0.717) is 5.92 Å². The molecular formula is C19H23N3. The molecule has 0 heterocycles. The highest BCUT2D eigenvalue weighted by Gasteiger charge is 2.22. The lowest BCUT2D eigenvalue weighted by Crippen LogP contribution is -2.21. The summed E-state index contributed by atoms with van der Waals surface area (Å²) >= 11 is 0. The van der Waals surface area contributed by atoms with Gasteiger partial charge in [-0.3, -0.25) is 5.43 Å². The zero-order valence-corrected chi connectivity index (χ0v) is 12.8. The number of rotatable bonds is 4. The van der Waals surface area contributed by atoms with Gasteiger partial charge < -0.3 is 5.73 Å². The lowest BCUT2D eigenvalue weighted by atomic mass is 9.83. The van der Waals surface area contributed by atoms with Gasteiger partial charge in [0.05, 0.1) is 11.4 Å². The normalized spacial score (nSPS) is 16.5. The molecule has 1 fully saturated rings. The predicted molar refractivity (Wildman–Crippen MR) is 94.0 cm³/mol. The van der Waals surface area contributed by atoms with Crippen LogP contribution in [0.25, 0.3) is 0 Å². The SMILES string of the molecule is Nc1ccccc1/C(=N\Nc1ccccc1)C1CCCCC1. The largest absolute Gasteiger partial charge is 0.398 e. The molecule has 114 valence electrons. The van der Waals surface area contributed by atoms with Crippen LogP contribution in [0.2, 0.25) is 0 Å². The van der Waals surface area contributed by atoms with Crippen LogP contribution in [0.15, 0.2) is 59.7 Å². The number of hydrogen-bond donors (Lipinski definition) is 2. The molecule has 0 atom stereocenters. The Hall–Kier alpha value is -2.29. The molecule has 0 bridgehead atoms. The van der Waals surface area contributed by atoms with E-state index in [0.717, 1.165) is 22.6 Å². The van der Waals surface area contributed by atoms with Crippen LogP contribution in [0.5, 0.6) is 0 Å². The summed E-state index contributed by atoms with van der Waals surface area (Å²) in [6.07, 6.45) is 6.29. The zero-order valence-electron chi connectivity index (χ0n) is 12.8. The first-order valence-corrected chi connectivity index (χ1v) is 8.08. The standard InChI is InChI=1S/C19H23N3/c20-18-14-8-7-13-17(18)19(15-9-3-1-4-10-15)22-21-16-11-5-2-6-12-16/h2,5-8,11-15,21H,1,3-4,9-10,20H2/b22-19-. The molecule has 0 saturated heterocycles. The van der Waals surface area contributed by atoms with E-state index in [1.165, 1.54) is 32.1 Å². The number of hydrogen-bond acceptors (Lipinski definition) is 3. The van der Waals surface area contributed by atoms with Crippen molar-refractivity contribution in [3.63, 3.8) is 0 Å². The highest BCUT2D eigenvalue weighted by molar-refractivity contribution is 6.06. The number of nitrogens with two attached hydrogens (primary N) is 1. The molecule has 2 aromatic rings. The Morgan fingerprint density at radius 1 is 0.909 bits per heavy atom. The first-order valence-electron chi connectivity index (χ1n) is 8.08. The van der Waals surface area contributed by atoms with Gasteiger partial charge in [-0.1, -0.05) is 55.7 Å². The maximum Gasteiger partial charge on any atom is 0.0730 e. The molecule has 0 aliphatic heterocycles. The van der Waals surface area contributed by atoms with E-state index in [-0.39, 0.29) is 0 Å². The number of nitrogen functional groups attached to an aromatic ring is 1. The third kappa shape index (κ3) is 3.48. The van der Waals surface area contributed by atoms with E-state index in [1.54, 1.807) is 0 Å². The lowest BCUT2D eigenvalue weighted by molar-refractivity contribution is 0.439. The molecule has 3 nitrogen and oxygen atoms in total. The predicted octanol–water partition coefficient (Wildman–Crippen LogP) is 4.67. The molecule has 22 heavy (non-hydrogen) atoms. The molecule has 1 saturated carbocycles. The van der Waals surface area contributed by atoms with Gasteiger partial charge >= 0.3 is 0 Å². The van der Waals surface area contributed by atoms with Gasteiger partial charge in [0.25, 0.3) is 0 Å². The van der Waals surface area contributed by atoms with Crippen LogP contribution in [0.1, 0.15) is 37.7 Å². The molecule has 3 rings (SSSR count). The third-order valence-corrected chi connectivity index (χ3v) is 4.31. The Balaban J connectivity index is 1.90. The molecule has 0 aromatic heterocycles. The van der Waals surface area contributed by atoms with E-state index < -0.39 is 0 Å². The van der Waals surface area contributed by atoms with Crippen molar-refractivity contribution in [2.45, 2.75) is 32.1 Å². The first kappa shape index (κ1) is 14.6. The van der Waals surface area contributed by atoms with Crippen molar-refractivity contribution in [3.05, 3.63) is 60.2 Å². The second-order valence-corrected chi connectivity index (χ2v) is 5.90. The highest BCUT2D eigenvalue weighted by atomic mass is 15.3. The maximum absolute atomic E-state index is 6.19. The summed E-state index contributed by atoms with van der Waals surface area (Å²) in [5.41, 5.74) is 13.4. The van der Waals surface area contributed by atoms with E-state index in [2.05, 4.69) is 11.5 Å². The van der Waals surface area contributed by atoms with Gasteiger partial charge in [0.1, 0.15) is 0 Å². The van der Waals surface area contributed by atoms with Crippen molar-refractivity contribution >= 4 is 17.1 Å². The number of hydrazone groups is 1. The number of para-hydroxylation sites is 2. The molecule has 3 heteroatoms. The summed E-state index contributed by atoms with van der Waals surface area (Å²) in [6.45, 7) is 0. The fraction of sp³-hybridized carbons (Fsp3) is 0.316. The number of anilines is 2. The Morgan fingerprint density at radius 2 is 1.59 bits per heavy atom. The fourth-order valence-electron chi connectivity index (χ4n) is 3.12. The van der Waals surface area contributed by atoms with Crippen LogP contribution in [-0.4, -0.2) is 5.71 Å². The van der Waals surface area contributed by atoms with Crippen molar-refractivity contribution in [2.24, 2.45) is 11.0 Å². The summed E-state index contributed by atoms with van der Waals surface area (Å²) in [5, 5.41) is 4.74. The summed E-state index contributed by atoms with van der Waals surface area (Å²) in [4.78, 5) is 0. The average molecular weight is 293 g/mol. The molecule has 1 aliphatic rings. The van der Waals surface area contributed by atoms with Crippen molar-refractivity contribution in [3.8, 4) is 0 Å². The summed E-state index contributed by atoms with van der Waals surface area (Å²) in [6, 6.07) is 18.1. The Morgan fingerprint density at radius 3 is 2.32 bits per heavy atom. The quantitative estimate of drug-likeness (QED) is 0.489. The summed E-state index contributed by atoms with van der Waals surface area (Å²) < 4.78 is 0. The van der Waals surface area contributed by atoms with Crippen LogP contribution in [-0.2, 0) is 0 Å². The molecule has 0 radical (unpaired) electrons. The van der Waals surface area contributed by atoms with Crippen LogP contribution in [0.4, 0.5) is 11.4 Å². The van der Waals surface area contributed by atoms with Crippen molar-refractivity contribution < 1.29 is 0 Å². The second kappa shape index (κ2) is 7.12. The average Bonchev–Trinajstić information content (AvgIpc) is 2.58. The molecule has 2 aromatic carbocycles. The number of benzene rings is 2. The summed E-state index contributed by atoms with van der Waals surface area (Å²) in [7, 11) is 0. The highest BCUT2D eigenvalue weighted by Crippen LogP contribution is 2.29. The van der Waals surface area contributed by atoms with Gasteiger partial charge in [-0.15, -0.1) is 0 Å². The van der Waals surface area contributed by atoms with Gasteiger partial charge in [0.2, 0.25) is 0 Å². The molecule has 0 amide bonds. The van der Waals surface area contributed by atoms with E-state index >= 15 is 0 Å². The van der Waals surface area contributed by atoms with Gasteiger partial charge in [-0.05, 0) is 31.0 Å². The topological polar surface area (TPSA) is 50.4 Å². The van der Waals surface area contributed by atoms with E-state index in [1.807, 2.05) is 48.5 Å². The molecule has 1 aliphatic carbocycles. The monoisotopic (exact) mass is 293 g/mol. The minimum Gasteiger partial charge on any atom is -0.398 e. The summed E-state index contributed by atoms with van der Waals surface area (Å²) in [5.74, 6) is 0.495. The number of nitrogens with one attached hydrogen (secondary N) is 1. The smallest absolute Gasteiger partial charge is 0.0730 e. The van der Waals surface area contributed by atoms with Gasteiger partial charge in [0.15, 0.2) is 0 Å².